The summed E-state index contributed by atoms with van der Waals surface area (Å²) in [6.07, 6.45) is 0.427. The van der Waals surface area contributed by atoms with Crippen LogP contribution >= 0.6 is 23.1 Å². The number of carbonyl (C=O) groups excluding carboxylic acids is 2. The van der Waals surface area contributed by atoms with Crippen molar-refractivity contribution >= 4 is 50.9 Å². The highest BCUT2D eigenvalue weighted by Gasteiger charge is 2.25. The lowest BCUT2D eigenvalue weighted by atomic mass is 10.1. The Morgan fingerprint density at radius 1 is 1.06 bits per heavy atom. The van der Waals surface area contributed by atoms with Crippen LogP contribution in [0.4, 0.5) is 5.69 Å². The summed E-state index contributed by atoms with van der Waals surface area (Å²) in [5.74, 6) is -0.876. The molecule has 2 heterocycles. The van der Waals surface area contributed by atoms with Gasteiger partial charge in [-0.25, -0.2) is 9.97 Å². The molecule has 0 radical (unpaired) electrons. The van der Waals surface area contributed by atoms with Gasteiger partial charge in [0.25, 0.3) is 5.91 Å². The lowest BCUT2D eigenvalue weighted by Gasteiger charge is -2.18. The molecule has 4 rings (SSSR count). The topological polar surface area (TPSA) is 81.2 Å². The Bertz CT molecular complexity index is 1190. The molecule has 0 aliphatic rings. The van der Waals surface area contributed by atoms with Crippen LogP contribution in [0.3, 0.4) is 0 Å². The molecule has 1 amide bonds. The number of carbonyl (C=O) groups is 2. The van der Waals surface area contributed by atoms with E-state index in [9.17, 15) is 9.59 Å². The van der Waals surface area contributed by atoms with Crippen LogP contribution in [0.1, 0.15) is 17.2 Å². The number of thioether (sulfide) groups is 1. The van der Waals surface area contributed by atoms with E-state index in [-0.39, 0.29) is 5.75 Å². The molecule has 0 saturated carbocycles. The molecular weight excluding hydrogens is 430 g/mol. The van der Waals surface area contributed by atoms with Crippen LogP contribution in [0.5, 0.6) is 0 Å². The number of aromatic nitrogens is 2. The first-order valence-electron chi connectivity index (χ1n) is 9.53. The number of hydrogen-bond donors (Lipinski definition) is 1. The number of thiophene rings is 1. The number of esters is 1. The van der Waals surface area contributed by atoms with Gasteiger partial charge in [0, 0.05) is 16.6 Å². The van der Waals surface area contributed by atoms with Crippen molar-refractivity contribution in [1.82, 2.24) is 9.97 Å². The lowest BCUT2D eigenvalue weighted by Crippen LogP contribution is -2.26. The summed E-state index contributed by atoms with van der Waals surface area (Å²) in [5, 5.41) is 6.37. The summed E-state index contributed by atoms with van der Waals surface area (Å²) in [6, 6.07) is 18.3. The first kappa shape index (κ1) is 21.0. The van der Waals surface area contributed by atoms with Gasteiger partial charge in [0.05, 0.1) is 5.75 Å². The van der Waals surface area contributed by atoms with E-state index in [4.69, 9.17) is 4.74 Å². The molecule has 0 aliphatic heterocycles. The summed E-state index contributed by atoms with van der Waals surface area (Å²) in [5.41, 5.74) is 2.33. The Morgan fingerprint density at radius 2 is 1.84 bits per heavy atom. The van der Waals surface area contributed by atoms with Crippen molar-refractivity contribution in [2.24, 2.45) is 0 Å². The largest absolute Gasteiger partial charge is 0.447 e. The summed E-state index contributed by atoms with van der Waals surface area (Å²) >= 11 is 2.78. The molecule has 1 atom stereocenters. The minimum Gasteiger partial charge on any atom is -0.447 e. The van der Waals surface area contributed by atoms with Gasteiger partial charge in [-0.1, -0.05) is 59.8 Å². The standard InChI is InChI=1S/C23H19N3O3S2/c1-15-7-9-17(10-8-15)26-21(28)20(16-5-3-2-4-6-16)29-19(27)13-31-23-18-11-12-30-22(18)24-14-25-23/h2-12,14,20H,13H2,1H3,(H,26,28). The first-order chi connectivity index (χ1) is 15.1. The van der Waals surface area contributed by atoms with Crippen LogP contribution < -0.4 is 5.32 Å². The fourth-order valence-corrected chi connectivity index (χ4v) is 4.48. The maximum absolute atomic E-state index is 12.9. The molecule has 6 nitrogen and oxygen atoms in total. The number of amides is 1. The molecule has 0 saturated heterocycles. The zero-order valence-electron chi connectivity index (χ0n) is 16.6. The van der Waals surface area contributed by atoms with Crippen molar-refractivity contribution in [2.75, 3.05) is 11.1 Å². The van der Waals surface area contributed by atoms with Crippen LogP contribution in [0.2, 0.25) is 0 Å². The normalized spacial score (nSPS) is 11.8. The number of aryl methyl sites for hydroxylation is 1. The van der Waals surface area contributed by atoms with Crippen molar-refractivity contribution in [2.45, 2.75) is 18.1 Å². The van der Waals surface area contributed by atoms with Gasteiger partial charge in [0.15, 0.2) is 0 Å². The number of anilines is 1. The predicted octanol–water partition coefficient (Wildman–Crippen LogP) is 5.02. The van der Waals surface area contributed by atoms with Crippen LogP contribution in [-0.4, -0.2) is 27.6 Å². The van der Waals surface area contributed by atoms with Crippen LogP contribution in [0.15, 0.2) is 77.4 Å². The molecule has 156 valence electrons. The molecule has 2 aromatic heterocycles. The minimum atomic E-state index is -1.05. The Kier molecular flexibility index (Phi) is 6.59. The highest BCUT2D eigenvalue weighted by Crippen LogP contribution is 2.28. The van der Waals surface area contributed by atoms with Crippen molar-refractivity contribution in [3.05, 3.63) is 83.5 Å². The second-order valence-electron chi connectivity index (χ2n) is 6.74. The van der Waals surface area contributed by atoms with Crippen molar-refractivity contribution in [3.63, 3.8) is 0 Å². The Morgan fingerprint density at radius 3 is 2.61 bits per heavy atom. The number of hydrogen-bond acceptors (Lipinski definition) is 7. The number of rotatable bonds is 7. The predicted molar refractivity (Wildman–Crippen MR) is 123 cm³/mol. The number of nitrogens with one attached hydrogen (secondary N) is 1. The molecule has 0 aliphatic carbocycles. The molecule has 0 spiro atoms. The Hall–Kier alpha value is -3.23. The second kappa shape index (κ2) is 9.72. The zero-order valence-corrected chi connectivity index (χ0v) is 18.3. The summed E-state index contributed by atoms with van der Waals surface area (Å²) < 4.78 is 5.60. The Labute approximate surface area is 187 Å². The summed E-state index contributed by atoms with van der Waals surface area (Å²) in [7, 11) is 0. The number of fused-ring (bicyclic) bond motifs is 1. The van der Waals surface area contributed by atoms with Gasteiger partial charge in [-0.3, -0.25) is 9.59 Å². The van der Waals surface area contributed by atoms with E-state index < -0.39 is 18.0 Å². The maximum Gasteiger partial charge on any atom is 0.317 e. The molecule has 1 N–H and O–H groups in total. The van der Waals surface area contributed by atoms with Crippen LogP contribution in [0.25, 0.3) is 10.2 Å². The van der Waals surface area contributed by atoms with E-state index in [0.717, 1.165) is 15.8 Å². The first-order valence-corrected chi connectivity index (χ1v) is 11.4. The molecule has 31 heavy (non-hydrogen) atoms. The average molecular weight is 450 g/mol. The van der Waals surface area contributed by atoms with Gasteiger partial charge in [0.1, 0.15) is 16.2 Å². The molecule has 0 fully saturated rings. The van der Waals surface area contributed by atoms with Gasteiger partial charge in [0.2, 0.25) is 6.10 Å². The molecule has 1 unspecified atom stereocenters. The van der Waals surface area contributed by atoms with E-state index in [1.807, 2.05) is 48.7 Å². The second-order valence-corrected chi connectivity index (χ2v) is 8.60. The van der Waals surface area contributed by atoms with Crippen molar-refractivity contribution in [3.8, 4) is 0 Å². The van der Waals surface area contributed by atoms with Gasteiger partial charge >= 0.3 is 5.97 Å². The molecular formula is C23H19N3O3S2. The Balaban J connectivity index is 1.46. The van der Waals surface area contributed by atoms with Crippen molar-refractivity contribution < 1.29 is 14.3 Å². The third-order valence-corrected chi connectivity index (χ3v) is 6.26. The van der Waals surface area contributed by atoms with Gasteiger partial charge in [-0.15, -0.1) is 11.3 Å². The molecule has 4 aromatic rings. The van der Waals surface area contributed by atoms with E-state index in [1.54, 1.807) is 24.3 Å². The zero-order chi connectivity index (χ0) is 21.6. The fourth-order valence-electron chi connectivity index (χ4n) is 2.92. The van der Waals surface area contributed by atoms with Crippen molar-refractivity contribution in [1.29, 1.82) is 0 Å². The van der Waals surface area contributed by atoms with Gasteiger partial charge in [-0.05, 0) is 30.5 Å². The smallest absolute Gasteiger partial charge is 0.317 e. The van der Waals surface area contributed by atoms with Crippen LogP contribution in [-0.2, 0) is 14.3 Å². The number of ether oxygens (including phenoxy) is 1. The number of benzene rings is 2. The monoisotopic (exact) mass is 449 g/mol. The summed E-state index contributed by atoms with van der Waals surface area (Å²) in [4.78, 5) is 34.9. The molecule has 2 aromatic carbocycles. The van der Waals surface area contributed by atoms with Crippen LogP contribution in [0, 0.1) is 6.92 Å². The third-order valence-electron chi connectivity index (χ3n) is 4.46. The van der Waals surface area contributed by atoms with E-state index in [0.29, 0.717) is 16.3 Å². The molecule has 0 bridgehead atoms. The molecule has 8 heteroatoms. The third kappa shape index (κ3) is 5.28. The quantitative estimate of drug-likeness (QED) is 0.243. The van der Waals surface area contributed by atoms with E-state index in [1.165, 1.54) is 29.4 Å². The fraction of sp³-hybridized carbons (Fsp3) is 0.130. The summed E-state index contributed by atoms with van der Waals surface area (Å²) in [6.45, 7) is 1.97. The highest BCUT2D eigenvalue weighted by atomic mass is 32.2. The SMILES string of the molecule is Cc1ccc(NC(=O)C(OC(=O)CSc2ncnc3sccc23)c2ccccc2)cc1. The van der Waals surface area contributed by atoms with E-state index in [2.05, 4.69) is 15.3 Å². The van der Waals surface area contributed by atoms with E-state index >= 15 is 0 Å². The highest BCUT2D eigenvalue weighted by molar-refractivity contribution is 8.00. The average Bonchev–Trinajstić information content (AvgIpc) is 3.27. The lowest BCUT2D eigenvalue weighted by molar-refractivity contribution is -0.152. The van der Waals surface area contributed by atoms with Gasteiger partial charge in [-0.2, -0.15) is 0 Å². The minimum absolute atomic E-state index is 0.0309. The maximum atomic E-state index is 12.9. The number of nitrogens with zero attached hydrogens (tertiary/aromatic N) is 2. The van der Waals surface area contributed by atoms with Gasteiger partial charge < -0.3 is 10.1 Å².